The van der Waals surface area contributed by atoms with E-state index in [2.05, 4.69) is 5.32 Å². The van der Waals surface area contributed by atoms with Gasteiger partial charge in [0.2, 0.25) is 0 Å². The van der Waals surface area contributed by atoms with Gasteiger partial charge >= 0.3 is 0 Å². The minimum absolute atomic E-state index is 0.337. The monoisotopic (exact) mass is 292 g/mol. The van der Waals surface area contributed by atoms with Gasteiger partial charge in [0.1, 0.15) is 0 Å². The molecule has 0 heterocycles. The number of anilines is 1. The molecule has 1 saturated carbocycles. The maximum absolute atomic E-state index is 6.13. The summed E-state index contributed by atoms with van der Waals surface area (Å²) in [6.45, 7) is 0. The van der Waals surface area contributed by atoms with Crippen molar-refractivity contribution in [2.75, 3.05) is 5.32 Å². The highest BCUT2D eigenvalue weighted by Gasteiger charge is 2.20. The van der Waals surface area contributed by atoms with Crippen LogP contribution in [-0.4, -0.2) is 12.1 Å². The van der Waals surface area contributed by atoms with Crippen molar-refractivity contribution in [1.82, 2.24) is 0 Å². The fourth-order valence-corrected chi connectivity index (χ4v) is 3.07. The van der Waals surface area contributed by atoms with Crippen LogP contribution in [0.5, 0.6) is 0 Å². The van der Waals surface area contributed by atoms with Gasteiger partial charge in [-0.05, 0) is 37.8 Å². The van der Waals surface area contributed by atoms with E-state index in [0.717, 1.165) is 31.4 Å². The van der Waals surface area contributed by atoms with Crippen LogP contribution in [0.25, 0.3) is 0 Å². The summed E-state index contributed by atoms with van der Waals surface area (Å²) in [7, 11) is 0. The lowest BCUT2D eigenvalue weighted by Gasteiger charge is -2.28. The number of nitrogens with two attached hydrogens (primary N) is 1. The molecule has 0 aromatic heterocycles. The summed E-state index contributed by atoms with van der Waals surface area (Å²) < 4.78 is 0. The molecule has 3 N–H and O–H groups in total. The minimum Gasteiger partial charge on any atom is -0.380 e. The second-order valence-electron chi connectivity index (χ2n) is 4.50. The molecule has 2 rings (SSSR count). The van der Waals surface area contributed by atoms with Crippen molar-refractivity contribution in [3.05, 3.63) is 27.2 Å². The summed E-state index contributed by atoms with van der Waals surface area (Å²) in [5.41, 5.74) is 6.65. The van der Waals surface area contributed by atoms with Crippen LogP contribution in [0.1, 0.15) is 25.7 Å². The first-order valence-electron chi connectivity index (χ1n) is 5.73. The van der Waals surface area contributed by atoms with Gasteiger partial charge in [0.25, 0.3) is 0 Å². The van der Waals surface area contributed by atoms with E-state index in [1.54, 1.807) is 12.1 Å². The zero-order valence-corrected chi connectivity index (χ0v) is 11.6. The van der Waals surface area contributed by atoms with Crippen LogP contribution in [0.3, 0.4) is 0 Å². The molecular formula is C12H15Cl3N2. The Morgan fingerprint density at radius 1 is 1.00 bits per heavy atom. The van der Waals surface area contributed by atoms with E-state index in [0.29, 0.717) is 27.2 Å². The van der Waals surface area contributed by atoms with Crippen LogP contribution < -0.4 is 11.1 Å². The summed E-state index contributed by atoms with van der Waals surface area (Å²) in [6, 6.07) is 4.13. The Labute approximate surface area is 116 Å². The molecule has 0 unspecified atom stereocenters. The highest BCUT2D eigenvalue weighted by atomic mass is 35.5. The second kappa shape index (κ2) is 5.66. The molecule has 1 aliphatic rings. The fraction of sp³-hybridized carbons (Fsp3) is 0.500. The van der Waals surface area contributed by atoms with Crippen molar-refractivity contribution < 1.29 is 0 Å². The Balaban J connectivity index is 2.08. The van der Waals surface area contributed by atoms with Crippen LogP contribution in [0.15, 0.2) is 12.1 Å². The van der Waals surface area contributed by atoms with E-state index in [1.807, 2.05) is 0 Å². The van der Waals surface area contributed by atoms with Gasteiger partial charge in [-0.15, -0.1) is 0 Å². The Kier molecular flexibility index (Phi) is 4.42. The van der Waals surface area contributed by atoms with Crippen molar-refractivity contribution >= 4 is 40.5 Å². The predicted molar refractivity (Wildman–Crippen MR) is 75.3 cm³/mol. The molecule has 94 valence electrons. The van der Waals surface area contributed by atoms with E-state index in [-0.39, 0.29) is 0 Å². The zero-order valence-electron chi connectivity index (χ0n) is 9.35. The van der Waals surface area contributed by atoms with E-state index in [4.69, 9.17) is 40.5 Å². The van der Waals surface area contributed by atoms with Crippen LogP contribution in [-0.2, 0) is 0 Å². The molecule has 0 amide bonds. The Morgan fingerprint density at radius 2 is 1.53 bits per heavy atom. The van der Waals surface area contributed by atoms with E-state index in [9.17, 15) is 0 Å². The third kappa shape index (κ3) is 3.41. The first-order valence-corrected chi connectivity index (χ1v) is 6.86. The third-order valence-corrected chi connectivity index (χ3v) is 3.94. The van der Waals surface area contributed by atoms with E-state index >= 15 is 0 Å². The first kappa shape index (κ1) is 13.3. The molecule has 1 aromatic rings. The largest absolute Gasteiger partial charge is 0.380 e. The van der Waals surface area contributed by atoms with Gasteiger partial charge in [-0.3, -0.25) is 0 Å². The van der Waals surface area contributed by atoms with Gasteiger partial charge in [0.05, 0.1) is 15.7 Å². The Hall–Kier alpha value is -0.150. The summed E-state index contributed by atoms with van der Waals surface area (Å²) in [6.07, 6.45) is 4.19. The number of nitrogens with one attached hydrogen (secondary N) is 1. The molecule has 0 saturated heterocycles. The molecule has 0 bridgehead atoms. The molecule has 1 aliphatic carbocycles. The number of halogens is 3. The topological polar surface area (TPSA) is 38.0 Å². The van der Waals surface area contributed by atoms with Gasteiger partial charge in [-0.2, -0.15) is 0 Å². The second-order valence-corrected chi connectivity index (χ2v) is 5.75. The number of hydrogen-bond acceptors (Lipinski definition) is 2. The fourth-order valence-electron chi connectivity index (χ4n) is 2.15. The summed E-state index contributed by atoms with van der Waals surface area (Å²) in [4.78, 5) is 0. The molecule has 17 heavy (non-hydrogen) atoms. The Bertz CT molecular complexity index is 378. The van der Waals surface area contributed by atoms with Gasteiger partial charge in [0, 0.05) is 17.1 Å². The molecule has 0 radical (unpaired) electrons. The van der Waals surface area contributed by atoms with Crippen molar-refractivity contribution in [3.63, 3.8) is 0 Å². The summed E-state index contributed by atoms with van der Waals surface area (Å²) in [5, 5.41) is 5.07. The Morgan fingerprint density at radius 3 is 2.06 bits per heavy atom. The number of benzene rings is 1. The molecule has 2 nitrogen and oxygen atoms in total. The highest BCUT2D eigenvalue weighted by Crippen LogP contribution is 2.35. The molecule has 5 heteroatoms. The maximum Gasteiger partial charge on any atom is 0.0722 e. The standard InChI is InChI=1S/C12H15Cl3N2/c13-7-5-10(14)12(11(15)6-7)17-9-3-1-8(16)2-4-9/h5-6,8-9,17H,1-4,16H2. The van der Waals surface area contributed by atoms with Gasteiger partial charge in [-0.1, -0.05) is 34.8 Å². The third-order valence-electron chi connectivity index (χ3n) is 3.13. The summed E-state index contributed by atoms with van der Waals surface area (Å²) >= 11 is 18.1. The van der Waals surface area contributed by atoms with E-state index in [1.165, 1.54) is 0 Å². The molecule has 0 aliphatic heterocycles. The molecule has 1 aromatic carbocycles. The average molecular weight is 294 g/mol. The molecule has 0 spiro atoms. The van der Waals surface area contributed by atoms with Crippen LogP contribution in [0.2, 0.25) is 15.1 Å². The zero-order chi connectivity index (χ0) is 12.4. The van der Waals surface area contributed by atoms with Crippen LogP contribution in [0.4, 0.5) is 5.69 Å². The molecule has 0 atom stereocenters. The lowest BCUT2D eigenvalue weighted by atomic mass is 9.91. The lowest BCUT2D eigenvalue weighted by Crippen LogP contribution is -2.32. The summed E-state index contributed by atoms with van der Waals surface area (Å²) in [5.74, 6) is 0. The lowest BCUT2D eigenvalue weighted by molar-refractivity contribution is 0.411. The highest BCUT2D eigenvalue weighted by molar-refractivity contribution is 6.41. The predicted octanol–water partition coefficient (Wildman–Crippen LogP) is 4.33. The van der Waals surface area contributed by atoms with Crippen molar-refractivity contribution in [3.8, 4) is 0 Å². The van der Waals surface area contributed by atoms with Crippen LogP contribution in [0, 0.1) is 0 Å². The van der Waals surface area contributed by atoms with Crippen molar-refractivity contribution in [2.24, 2.45) is 5.73 Å². The maximum atomic E-state index is 6.13. The average Bonchev–Trinajstić information content (AvgIpc) is 2.26. The van der Waals surface area contributed by atoms with Gasteiger partial charge in [-0.25, -0.2) is 0 Å². The quantitative estimate of drug-likeness (QED) is 0.852. The number of rotatable bonds is 2. The van der Waals surface area contributed by atoms with E-state index < -0.39 is 0 Å². The van der Waals surface area contributed by atoms with Gasteiger partial charge < -0.3 is 11.1 Å². The first-order chi connectivity index (χ1) is 8.06. The molecule has 1 fully saturated rings. The van der Waals surface area contributed by atoms with Crippen molar-refractivity contribution in [2.45, 2.75) is 37.8 Å². The number of hydrogen-bond donors (Lipinski definition) is 2. The van der Waals surface area contributed by atoms with Crippen LogP contribution >= 0.6 is 34.8 Å². The minimum atomic E-state index is 0.337. The SMILES string of the molecule is NC1CCC(Nc2c(Cl)cc(Cl)cc2Cl)CC1. The smallest absolute Gasteiger partial charge is 0.0722 e. The molecular weight excluding hydrogens is 279 g/mol. The normalized spacial score (nSPS) is 24.7. The van der Waals surface area contributed by atoms with Crippen molar-refractivity contribution in [1.29, 1.82) is 0 Å². The van der Waals surface area contributed by atoms with Gasteiger partial charge in [0.15, 0.2) is 0 Å².